The summed E-state index contributed by atoms with van der Waals surface area (Å²) >= 11 is 0. The lowest BCUT2D eigenvalue weighted by molar-refractivity contribution is -0.123. The minimum atomic E-state index is -0.993. The van der Waals surface area contributed by atoms with Gasteiger partial charge in [0.05, 0.1) is 17.6 Å². The lowest BCUT2D eigenvalue weighted by Crippen LogP contribution is -2.30. The Bertz CT molecular complexity index is 1060. The van der Waals surface area contributed by atoms with E-state index in [1.807, 2.05) is 30.3 Å². The first-order valence-corrected chi connectivity index (χ1v) is 9.04. The molecule has 3 aromatic rings. The lowest BCUT2D eigenvalue weighted by atomic mass is 10.2. The van der Waals surface area contributed by atoms with E-state index in [1.165, 1.54) is 13.1 Å². The maximum Gasteiger partial charge on any atom is 0.342 e. The topological polar surface area (TPSA) is 91.7 Å². The molecule has 1 amide bonds. The molecule has 8 heteroatoms. The van der Waals surface area contributed by atoms with Crippen LogP contribution >= 0.6 is 0 Å². The molecule has 0 saturated carbocycles. The van der Waals surface area contributed by atoms with Gasteiger partial charge in [0.25, 0.3) is 5.91 Å². The van der Waals surface area contributed by atoms with Crippen molar-refractivity contribution in [2.75, 3.05) is 12.1 Å². The first-order chi connectivity index (χ1) is 14.0. The second-order valence-corrected chi connectivity index (χ2v) is 6.50. The number of nitrogens with one attached hydrogen (secondary N) is 1. The zero-order valence-corrected chi connectivity index (χ0v) is 15.9. The van der Waals surface area contributed by atoms with Gasteiger partial charge in [-0.05, 0) is 38.1 Å². The van der Waals surface area contributed by atoms with E-state index in [0.717, 1.165) is 5.69 Å². The fourth-order valence-electron chi connectivity index (χ4n) is 2.94. The average molecular weight is 393 g/mol. The van der Waals surface area contributed by atoms with E-state index in [0.29, 0.717) is 28.4 Å². The van der Waals surface area contributed by atoms with Crippen molar-refractivity contribution in [1.29, 1.82) is 0 Å². The number of rotatable bonds is 5. The molecule has 0 saturated heterocycles. The molecule has 1 atom stereocenters. The first-order valence-electron chi connectivity index (χ1n) is 9.04. The molecule has 0 radical (unpaired) electrons. The molecular weight excluding hydrogens is 374 g/mol. The molecule has 0 fully saturated rings. The Labute approximate surface area is 167 Å². The standard InChI is InChI=1S/C21H19N3O5/c1-13-17(11-22-24(13)16-6-4-3-5-7-16)21(26)29-14(2)20(25)23-15-8-9-18-19(10-15)28-12-27-18/h3-11,14H,12H2,1-2H3,(H,23,25). The van der Waals surface area contributed by atoms with Gasteiger partial charge < -0.3 is 19.5 Å². The van der Waals surface area contributed by atoms with Crippen LogP contribution in [0.25, 0.3) is 5.69 Å². The minimum absolute atomic E-state index is 0.150. The summed E-state index contributed by atoms with van der Waals surface area (Å²) in [7, 11) is 0. The molecule has 1 aliphatic heterocycles. The van der Waals surface area contributed by atoms with Crippen molar-refractivity contribution in [1.82, 2.24) is 9.78 Å². The Morgan fingerprint density at radius 3 is 2.69 bits per heavy atom. The SMILES string of the molecule is Cc1c(C(=O)OC(C)C(=O)Nc2ccc3c(c2)OCO3)cnn1-c1ccccc1. The summed E-state index contributed by atoms with van der Waals surface area (Å²) in [5.41, 5.74) is 2.29. The van der Waals surface area contributed by atoms with Gasteiger partial charge in [0.2, 0.25) is 6.79 Å². The molecule has 1 unspecified atom stereocenters. The molecule has 0 bridgehead atoms. The molecule has 4 rings (SSSR count). The van der Waals surface area contributed by atoms with Gasteiger partial charge in [-0.1, -0.05) is 18.2 Å². The minimum Gasteiger partial charge on any atom is -0.454 e. The van der Waals surface area contributed by atoms with Crippen LogP contribution in [0.4, 0.5) is 5.69 Å². The largest absolute Gasteiger partial charge is 0.454 e. The maximum atomic E-state index is 12.5. The van der Waals surface area contributed by atoms with Crippen molar-refractivity contribution in [2.24, 2.45) is 0 Å². The molecule has 1 aliphatic rings. The van der Waals surface area contributed by atoms with Crippen molar-refractivity contribution >= 4 is 17.6 Å². The van der Waals surface area contributed by atoms with Gasteiger partial charge in [-0.2, -0.15) is 5.10 Å². The van der Waals surface area contributed by atoms with Crippen LogP contribution in [0.1, 0.15) is 23.0 Å². The van der Waals surface area contributed by atoms with Crippen molar-refractivity contribution in [2.45, 2.75) is 20.0 Å². The number of esters is 1. The Hall–Kier alpha value is -3.81. The second-order valence-electron chi connectivity index (χ2n) is 6.50. The summed E-state index contributed by atoms with van der Waals surface area (Å²) in [6.07, 6.45) is 0.444. The van der Waals surface area contributed by atoms with E-state index in [9.17, 15) is 9.59 Å². The van der Waals surface area contributed by atoms with Crippen LogP contribution in [0, 0.1) is 6.92 Å². The quantitative estimate of drug-likeness (QED) is 0.670. The average Bonchev–Trinajstić information content (AvgIpc) is 3.34. The third-order valence-electron chi connectivity index (χ3n) is 4.52. The first kappa shape index (κ1) is 18.5. The van der Waals surface area contributed by atoms with E-state index in [2.05, 4.69) is 10.4 Å². The molecule has 8 nitrogen and oxygen atoms in total. The fourth-order valence-corrected chi connectivity index (χ4v) is 2.94. The Kier molecular flexibility index (Phi) is 4.90. The Morgan fingerprint density at radius 1 is 1.14 bits per heavy atom. The van der Waals surface area contributed by atoms with E-state index in [4.69, 9.17) is 14.2 Å². The summed E-state index contributed by atoms with van der Waals surface area (Å²) in [4.78, 5) is 24.9. The van der Waals surface area contributed by atoms with Crippen LogP contribution in [-0.2, 0) is 9.53 Å². The third kappa shape index (κ3) is 3.77. The van der Waals surface area contributed by atoms with E-state index in [-0.39, 0.29) is 6.79 Å². The monoisotopic (exact) mass is 393 g/mol. The van der Waals surface area contributed by atoms with Gasteiger partial charge in [0.1, 0.15) is 5.56 Å². The number of anilines is 1. The summed E-state index contributed by atoms with van der Waals surface area (Å²) in [5.74, 6) is 0.105. The van der Waals surface area contributed by atoms with Gasteiger partial charge in [-0.3, -0.25) is 4.79 Å². The van der Waals surface area contributed by atoms with E-state index in [1.54, 1.807) is 29.8 Å². The molecule has 1 aromatic heterocycles. The molecule has 1 N–H and O–H groups in total. The van der Waals surface area contributed by atoms with Crippen LogP contribution in [0.3, 0.4) is 0 Å². The number of carbonyl (C=O) groups excluding carboxylic acids is 2. The molecule has 0 spiro atoms. The van der Waals surface area contributed by atoms with Crippen molar-refractivity contribution < 1.29 is 23.8 Å². The molecule has 2 aromatic carbocycles. The van der Waals surface area contributed by atoms with Crippen molar-refractivity contribution in [3.05, 3.63) is 66.0 Å². The van der Waals surface area contributed by atoms with Crippen LogP contribution in [0.5, 0.6) is 11.5 Å². The number of hydrogen-bond donors (Lipinski definition) is 1. The number of fused-ring (bicyclic) bond motifs is 1. The van der Waals surface area contributed by atoms with Crippen LogP contribution in [0.2, 0.25) is 0 Å². The number of carbonyl (C=O) groups is 2. The van der Waals surface area contributed by atoms with Crippen LogP contribution in [-0.4, -0.2) is 34.6 Å². The Balaban J connectivity index is 1.42. The second kappa shape index (κ2) is 7.67. The highest BCUT2D eigenvalue weighted by Gasteiger charge is 2.23. The number of nitrogens with zero attached hydrogens (tertiary/aromatic N) is 2. The fraction of sp³-hybridized carbons (Fsp3) is 0.190. The number of ether oxygens (including phenoxy) is 3. The molecule has 2 heterocycles. The summed E-state index contributed by atoms with van der Waals surface area (Å²) in [6.45, 7) is 3.43. The van der Waals surface area contributed by atoms with E-state index >= 15 is 0 Å². The predicted molar refractivity (Wildman–Crippen MR) is 104 cm³/mol. The van der Waals surface area contributed by atoms with Crippen LogP contribution < -0.4 is 14.8 Å². The summed E-state index contributed by atoms with van der Waals surface area (Å²) < 4.78 is 17.5. The highest BCUT2D eigenvalue weighted by Crippen LogP contribution is 2.34. The molecular formula is C21H19N3O5. The van der Waals surface area contributed by atoms with Gasteiger partial charge in [0.15, 0.2) is 17.6 Å². The van der Waals surface area contributed by atoms with Gasteiger partial charge >= 0.3 is 5.97 Å². The highest BCUT2D eigenvalue weighted by atomic mass is 16.7. The van der Waals surface area contributed by atoms with Gasteiger partial charge in [0, 0.05) is 11.8 Å². The van der Waals surface area contributed by atoms with Crippen LogP contribution in [0.15, 0.2) is 54.7 Å². The number of benzene rings is 2. The number of amides is 1. The molecule has 29 heavy (non-hydrogen) atoms. The smallest absolute Gasteiger partial charge is 0.342 e. The predicted octanol–water partition coefficient (Wildman–Crippen LogP) is 3.09. The Morgan fingerprint density at radius 2 is 1.90 bits per heavy atom. The van der Waals surface area contributed by atoms with Crippen molar-refractivity contribution in [3.8, 4) is 17.2 Å². The summed E-state index contributed by atoms with van der Waals surface area (Å²) in [6, 6.07) is 14.5. The number of hydrogen-bond acceptors (Lipinski definition) is 6. The van der Waals surface area contributed by atoms with Gasteiger partial charge in [-0.15, -0.1) is 0 Å². The zero-order valence-electron chi connectivity index (χ0n) is 15.9. The van der Waals surface area contributed by atoms with Gasteiger partial charge in [-0.25, -0.2) is 9.48 Å². The maximum absolute atomic E-state index is 12.5. The summed E-state index contributed by atoms with van der Waals surface area (Å²) in [5, 5.41) is 6.95. The lowest BCUT2D eigenvalue weighted by Gasteiger charge is -2.14. The van der Waals surface area contributed by atoms with E-state index < -0.39 is 18.0 Å². The van der Waals surface area contributed by atoms with Crippen molar-refractivity contribution in [3.63, 3.8) is 0 Å². The molecule has 0 aliphatic carbocycles. The number of aromatic nitrogens is 2. The zero-order chi connectivity index (χ0) is 20.4. The number of para-hydroxylation sites is 1. The molecule has 148 valence electrons. The normalized spacial score (nSPS) is 13.0. The third-order valence-corrected chi connectivity index (χ3v) is 4.52. The highest BCUT2D eigenvalue weighted by molar-refractivity contribution is 5.97.